The topological polar surface area (TPSA) is 126 Å². The average molecular weight is 567 g/mol. The number of nitrogens with one attached hydrogen (secondary N) is 1. The minimum atomic E-state index is -1.18. The molecule has 5 rings (SSSR count). The number of fused-ring (bicyclic) bond motifs is 1. The second kappa shape index (κ2) is 11.6. The van der Waals surface area contributed by atoms with Gasteiger partial charge in [0.25, 0.3) is 5.91 Å². The predicted octanol–water partition coefficient (Wildman–Crippen LogP) is 4.66. The highest BCUT2D eigenvalue weighted by atomic mass is 16.4. The molecule has 0 fully saturated rings. The molecule has 216 valence electrons. The zero-order chi connectivity index (χ0) is 30.1. The van der Waals surface area contributed by atoms with E-state index in [2.05, 4.69) is 15.3 Å². The number of hydrogen-bond donors (Lipinski definition) is 2. The summed E-state index contributed by atoms with van der Waals surface area (Å²) in [7, 11) is 0. The lowest BCUT2D eigenvalue weighted by atomic mass is 9.89. The summed E-state index contributed by atoms with van der Waals surface area (Å²) in [5, 5.41) is 12.8. The standard InChI is InChI=1S/C33H34N4O5/c1-18-12-25-15-29(37(17-26(25)13-19(18)2)32(39)30-21(4)42-22(5)35-30)31(38)36-28(33(40)41)14-23-6-8-24(9-7-23)27-10-11-34-16-20(27)3/h6-13,16,28-29H,14-15,17H2,1-5H3,(H,36,38)(H,40,41). The molecule has 1 aliphatic rings. The van der Waals surface area contributed by atoms with Crippen LogP contribution in [0, 0.1) is 34.6 Å². The van der Waals surface area contributed by atoms with Crippen molar-refractivity contribution in [1.29, 1.82) is 0 Å². The number of pyridine rings is 1. The third-order valence-corrected chi connectivity index (χ3v) is 7.96. The lowest BCUT2D eigenvalue weighted by molar-refractivity contribution is -0.142. The molecule has 42 heavy (non-hydrogen) atoms. The van der Waals surface area contributed by atoms with Crippen LogP contribution in [0.15, 0.2) is 59.3 Å². The summed E-state index contributed by atoms with van der Waals surface area (Å²) in [6.07, 6.45) is 3.88. The van der Waals surface area contributed by atoms with Crippen molar-refractivity contribution in [3.05, 3.63) is 106 Å². The Morgan fingerprint density at radius 2 is 1.69 bits per heavy atom. The fourth-order valence-corrected chi connectivity index (χ4v) is 5.52. The van der Waals surface area contributed by atoms with Crippen LogP contribution in [0.4, 0.5) is 0 Å². The fraction of sp³-hybridized carbons (Fsp3) is 0.303. The van der Waals surface area contributed by atoms with E-state index in [1.807, 2.05) is 63.2 Å². The summed E-state index contributed by atoms with van der Waals surface area (Å²) in [5.41, 5.74) is 8.08. The molecule has 4 aromatic rings. The molecule has 2 unspecified atom stereocenters. The van der Waals surface area contributed by atoms with Gasteiger partial charge in [-0.25, -0.2) is 9.78 Å². The number of aliphatic carboxylic acids is 1. The Hall–Kier alpha value is -4.79. The number of carbonyl (C=O) groups is 3. The van der Waals surface area contributed by atoms with Crippen LogP contribution in [0.3, 0.4) is 0 Å². The number of rotatable bonds is 7. The summed E-state index contributed by atoms with van der Waals surface area (Å²) in [5.74, 6) is -1.38. The number of carboxylic acids is 1. The lowest BCUT2D eigenvalue weighted by Gasteiger charge is -2.36. The molecule has 1 aliphatic heterocycles. The highest BCUT2D eigenvalue weighted by Gasteiger charge is 2.38. The van der Waals surface area contributed by atoms with Crippen LogP contribution in [0.5, 0.6) is 0 Å². The predicted molar refractivity (Wildman–Crippen MR) is 157 cm³/mol. The van der Waals surface area contributed by atoms with Gasteiger partial charge in [-0.2, -0.15) is 0 Å². The maximum Gasteiger partial charge on any atom is 0.326 e. The number of carbonyl (C=O) groups excluding carboxylic acids is 2. The zero-order valence-corrected chi connectivity index (χ0v) is 24.4. The molecule has 0 bridgehead atoms. The number of benzene rings is 2. The number of carboxylic acid groups (broad SMARTS) is 1. The van der Waals surface area contributed by atoms with E-state index in [1.165, 1.54) is 4.90 Å². The van der Waals surface area contributed by atoms with Crippen molar-refractivity contribution in [2.75, 3.05) is 0 Å². The number of hydrogen-bond acceptors (Lipinski definition) is 6. The molecule has 3 heterocycles. The minimum absolute atomic E-state index is 0.0911. The van der Waals surface area contributed by atoms with Gasteiger partial charge in [-0.1, -0.05) is 36.4 Å². The van der Waals surface area contributed by atoms with Crippen molar-refractivity contribution in [2.45, 2.75) is 66.1 Å². The summed E-state index contributed by atoms with van der Waals surface area (Å²) in [4.78, 5) is 49.6. The maximum atomic E-state index is 13.8. The number of nitrogens with zero attached hydrogens (tertiary/aromatic N) is 3. The smallest absolute Gasteiger partial charge is 0.326 e. The molecular weight excluding hydrogens is 532 g/mol. The molecule has 9 heteroatoms. The fourth-order valence-electron chi connectivity index (χ4n) is 5.52. The van der Waals surface area contributed by atoms with Crippen molar-refractivity contribution in [2.24, 2.45) is 0 Å². The minimum Gasteiger partial charge on any atom is -0.480 e. The van der Waals surface area contributed by atoms with Gasteiger partial charge in [0.1, 0.15) is 17.8 Å². The third kappa shape index (κ3) is 5.81. The molecule has 2 aromatic carbocycles. The molecule has 2 atom stereocenters. The van der Waals surface area contributed by atoms with Crippen LogP contribution in [0.25, 0.3) is 11.1 Å². The Kier molecular flexibility index (Phi) is 7.93. The molecular formula is C33H34N4O5. The van der Waals surface area contributed by atoms with Crippen LogP contribution in [0.1, 0.15) is 55.5 Å². The van der Waals surface area contributed by atoms with Crippen LogP contribution in [-0.4, -0.2) is 49.8 Å². The largest absolute Gasteiger partial charge is 0.480 e. The van der Waals surface area contributed by atoms with E-state index < -0.39 is 29.9 Å². The van der Waals surface area contributed by atoms with Gasteiger partial charge in [0.15, 0.2) is 11.6 Å². The monoisotopic (exact) mass is 566 g/mol. The second-order valence-corrected chi connectivity index (χ2v) is 11.0. The molecule has 2 N–H and O–H groups in total. The van der Waals surface area contributed by atoms with E-state index in [-0.39, 0.29) is 25.1 Å². The first-order chi connectivity index (χ1) is 20.0. The maximum absolute atomic E-state index is 13.8. The van der Waals surface area contributed by atoms with Gasteiger partial charge in [-0.05, 0) is 78.3 Å². The molecule has 9 nitrogen and oxygen atoms in total. The van der Waals surface area contributed by atoms with Crippen molar-refractivity contribution >= 4 is 17.8 Å². The molecule has 0 spiro atoms. The Balaban J connectivity index is 1.39. The van der Waals surface area contributed by atoms with Gasteiger partial charge in [0.2, 0.25) is 5.91 Å². The van der Waals surface area contributed by atoms with E-state index in [0.29, 0.717) is 11.7 Å². The second-order valence-electron chi connectivity index (χ2n) is 11.0. The first-order valence-electron chi connectivity index (χ1n) is 13.9. The summed E-state index contributed by atoms with van der Waals surface area (Å²) in [6, 6.07) is 11.5. The van der Waals surface area contributed by atoms with Gasteiger partial charge in [-0.3, -0.25) is 14.6 Å². The van der Waals surface area contributed by atoms with Gasteiger partial charge >= 0.3 is 5.97 Å². The third-order valence-electron chi connectivity index (χ3n) is 7.96. The van der Waals surface area contributed by atoms with Crippen LogP contribution in [-0.2, 0) is 29.0 Å². The first-order valence-corrected chi connectivity index (χ1v) is 13.9. The lowest BCUT2D eigenvalue weighted by Crippen LogP contribution is -2.56. The van der Waals surface area contributed by atoms with Crippen molar-refractivity contribution in [3.8, 4) is 11.1 Å². The summed E-state index contributed by atoms with van der Waals surface area (Å²) < 4.78 is 5.49. The number of amides is 2. The highest BCUT2D eigenvalue weighted by molar-refractivity contribution is 5.98. The zero-order valence-electron chi connectivity index (χ0n) is 24.4. The molecule has 0 radical (unpaired) electrons. The summed E-state index contributed by atoms with van der Waals surface area (Å²) in [6.45, 7) is 9.52. The summed E-state index contributed by atoms with van der Waals surface area (Å²) >= 11 is 0. The van der Waals surface area contributed by atoms with E-state index in [4.69, 9.17) is 4.42 Å². The number of oxazole rings is 1. The number of aromatic nitrogens is 2. The Morgan fingerprint density at radius 1 is 1.00 bits per heavy atom. The first kappa shape index (κ1) is 28.7. The van der Waals surface area contributed by atoms with Gasteiger partial charge < -0.3 is 19.7 Å². The van der Waals surface area contributed by atoms with E-state index in [1.54, 1.807) is 26.2 Å². The van der Waals surface area contributed by atoms with E-state index >= 15 is 0 Å². The van der Waals surface area contributed by atoms with Gasteiger partial charge in [0.05, 0.1) is 0 Å². The molecule has 0 aliphatic carbocycles. The van der Waals surface area contributed by atoms with Gasteiger partial charge in [0, 0.05) is 38.7 Å². The van der Waals surface area contributed by atoms with Gasteiger partial charge in [-0.15, -0.1) is 0 Å². The van der Waals surface area contributed by atoms with E-state index in [9.17, 15) is 19.5 Å². The van der Waals surface area contributed by atoms with Crippen molar-refractivity contribution < 1.29 is 23.9 Å². The molecule has 2 aromatic heterocycles. The normalized spacial score (nSPS) is 15.2. The Morgan fingerprint density at radius 3 is 2.31 bits per heavy atom. The Labute approximate surface area is 244 Å². The number of aryl methyl sites for hydroxylation is 5. The van der Waals surface area contributed by atoms with Crippen molar-refractivity contribution in [1.82, 2.24) is 20.2 Å². The quantitative estimate of drug-likeness (QED) is 0.333. The molecule has 0 saturated carbocycles. The van der Waals surface area contributed by atoms with Crippen LogP contribution in [0.2, 0.25) is 0 Å². The molecule has 2 amide bonds. The van der Waals surface area contributed by atoms with Crippen LogP contribution < -0.4 is 5.32 Å². The Bertz CT molecular complexity index is 1670. The van der Waals surface area contributed by atoms with Crippen LogP contribution >= 0.6 is 0 Å². The average Bonchev–Trinajstić information content (AvgIpc) is 3.30. The highest BCUT2D eigenvalue weighted by Crippen LogP contribution is 2.29. The molecule has 0 saturated heterocycles. The SMILES string of the molecule is Cc1nc(C(=O)N2Cc3cc(C)c(C)cc3CC2C(=O)NC(Cc2ccc(-c3ccncc3C)cc2)C(=O)O)c(C)o1. The van der Waals surface area contributed by atoms with Crippen molar-refractivity contribution in [3.63, 3.8) is 0 Å². The van der Waals surface area contributed by atoms with E-state index in [0.717, 1.165) is 44.5 Å².